The second kappa shape index (κ2) is 6.05. The first-order valence-corrected chi connectivity index (χ1v) is 9.01. The molecule has 0 amide bonds. The number of hydrogen-bond donors (Lipinski definition) is 1. The van der Waals surface area contributed by atoms with Crippen molar-refractivity contribution >= 4 is 22.4 Å². The number of benzene rings is 1. The summed E-state index contributed by atoms with van der Waals surface area (Å²) in [5.41, 5.74) is 3.50. The van der Waals surface area contributed by atoms with Crippen LogP contribution in [0.1, 0.15) is 24.3 Å². The summed E-state index contributed by atoms with van der Waals surface area (Å²) >= 11 is 0. The van der Waals surface area contributed by atoms with Crippen LogP contribution in [0.15, 0.2) is 49.2 Å². The van der Waals surface area contributed by atoms with Crippen LogP contribution in [0.3, 0.4) is 0 Å². The number of aromatic amines is 1. The maximum atomic E-state index is 5.40. The number of aromatic nitrogens is 4. The second-order valence-corrected chi connectivity index (χ2v) is 6.83. The number of piperidine rings is 1. The Kier molecular flexibility index (Phi) is 3.55. The highest BCUT2D eigenvalue weighted by molar-refractivity contribution is 5.85. The molecule has 5 rings (SSSR count). The highest BCUT2D eigenvalue weighted by atomic mass is 16.5. The molecule has 0 saturated carbocycles. The summed E-state index contributed by atoms with van der Waals surface area (Å²) < 4.78 is 7.43. The van der Waals surface area contributed by atoms with Gasteiger partial charge in [0.2, 0.25) is 0 Å². The van der Waals surface area contributed by atoms with Crippen LogP contribution in [0.5, 0.6) is 5.75 Å². The molecular weight excluding hydrogens is 326 g/mol. The van der Waals surface area contributed by atoms with E-state index in [1.54, 1.807) is 7.11 Å². The molecule has 1 aliphatic rings. The van der Waals surface area contributed by atoms with Gasteiger partial charge >= 0.3 is 0 Å². The molecule has 1 aliphatic heterocycles. The van der Waals surface area contributed by atoms with E-state index in [2.05, 4.69) is 38.2 Å². The predicted octanol–water partition coefficient (Wildman–Crippen LogP) is 3.60. The summed E-state index contributed by atoms with van der Waals surface area (Å²) in [6.45, 7) is 1.97. The third-order valence-electron chi connectivity index (χ3n) is 5.45. The second-order valence-electron chi connectivity index (χ2n) is 6.83. The third kappa shape index (κ3) is 2.41. The van der Waals surface area contributed by atoms with Crippen molar-refractivity contribution in [2.45, 2.75) is 18.8 Å². The minimum absolute atomic E-state index is 0.548. The Hall–Kier alpha value is -3.02. The van der Waals surface area contributed by atoms with Gasteiger partial charge in [-0.2, -0.15) is 0 Å². The lowest BCUT2D eigenvalue weighted by atomic mass is 9.89. The highest BCUT2D eigenvalue weighted by Gasteiger charge is 2.25. The molecule has 1 saturated heterocycles. The first-order valence-electron chi connectivity index (χ1n) is 9.01. The molecule has 132 valence electrons. The largest absolute Gasteiger partial charge is 0.497 e. The lowest BCUT2D eigenvalue weighted by Gasteiger charge is -2.32. The summed E-state index contributed by atoms with van der Waals surface area (Å²) in [6.07, 6.45) is 12.0. The molecule has 1 aromatic carbocycles. The van der Waals surface area contributed by atoms with Gasteiger partial charge < -0.3 is 19.0 Å². The van der Waals surface area contributed by atoms with E-state index < -0.39 is 0 Å². The fourth-order valence-electron chi connectivity index (χ4n) is 4.05. The van der Waals surface area contributed by atoms with Gasteiger partial charge in [-0.3, -0.25) is 0 Å². The number of methoxy groups -OCH3 is 1. The number of nitrogens with one attached hydrogen (secondary N) is 1. The number of hydrogen-bond acceptors (Lipinski definition) is 4. The van der Waals surface area contributed by atoms with Crippen molar-refractivity contribution in [3.05, 3.63) is 54.7 Å². The Bertz CT molecular complexity index is 1060. The van der Waals surface area contributed by atoms with Gasteiger partial charge in [-0.25, -0.2) is 9.97 Å². The maximum Gasteiger partial charge on any atom is 0.180 e. The van der Waals surface area contributed by atoms with E-state index in [9.17, 15) is 0 Å². The molecule has 0 radical (unpaired) electrons. The smallest absolute Gasteiger partial charge is 0.180 e. The molecule has 3 aromatic heterocycles. The standard InChI is InChI=1S/C20H21N5O/c1-26-15-2-3-18-16(12-15)17(13-23-18)14-4-8-24(9-5-14)19-20-22-7-11-25(20)10-6-21-19/h2-3,6-7,10-14,23H,4-5,8-9H2,1H3. The number of H-pyrrole nitrogens is 1. The zero-order valence-corrected chi connectivity index (χ0v) is 14.7. The predicted molar refractivity (Wildman–Crippen MR) is 102 cm³/mol. The van der Waals surface area contributed by atoms with Crippen LogP contribution in [0, 0.1) is 0 Å². The molecule has 0 atom stereocenters. The monoisotopic (exact) mass is 347 g/mol. The van der Waals surface area contributed by atoms with E-state index in [1.165, 1.54) is 16.5 Å². The fraction of sp³-hybridized carbons (Fsp3) is 0.300. The van der Waals surface area contributed by atoms with Gasteiger partial charge in [0.15, 0.2) is 11.5 Å². The lowest BCUT2D eigenvalue weighted by molar-refractivity contribution is 0.415. The molecule has 4 heterocycles. The SMILES string of the molecule is COc1ccc2[nH]cc(C3CCN(c4nccn5ccnc45)CC3)c2c1. The van der Waals surface area contributed by atoms with Crippen molar-refractivity contribution in [2.24, 2.45) is 0 Å². The topological polar surface area (TPSA) is 58.5 Å². The molecule has 0 bridgehead atoms. The number of imidazole rings is 1. The van der Waals surface area contributed by atoms with Gasteiger partial charge in [0.1, 0.15) is 5.75 Å². The third-order valence-corrected chi connectivity index (χ3v) is 5.45. The van der Waals surface area contributed by atoms with Crippen LogP contribution in [0.2, 0.25) is 0 Å². The van der Waals surface area contributed by atoms with Crippen molar-refractivity contribution < 1.29 is 4.74 Å². The Morgan fingerprint density at radius 3 is 2.73 bits per heavy atom. The lowest BCUT2D eigenvalue weighted by Crippen LogP contribution is -2.33. The van der Waals surface area contributed by atoms with E-state index in [0.717, 1.165) is 43.1 Å². The van der Waals surface area contributed by atoms with Gasteiger partial charge in [-0.1, -0.05) is 0 Å². The van der Waals surface area contributed by atoms with Crippen LogP contribution in [0.4, 0.5) is 5.82 Å². The first-order chi connectivity index (χ1) is 12.8. The molecule has 1 fully saturated rings. The molecule has 6 heteroatoms. The van der Waals surface area contributed by atoms with Gasteiger partial charge in [0.05, 0.1) is 7.11 Å². The summed E-state index contributed by atoms with van der Waals surface area (Å²) in [5, 5.41) is 1.27. The van der Waals surface area contributed by atoms with Gasteiger partial charge in [-0.15, -0.1) is 0 Å². The Morgan fingerprint density at radius 2 is 1.92 bits per heavy atom. The van der Waals surface area contributed by atoms with Crippen molar-refractivity contribution in [1.29, 1.82) is 0 Å². The van der Waals surface area contributed by atoms with E-state index in [0.29, 0.717) is 5.92 Å². The number of nitrogens with zero attached hydrogens (tertiary/aromatic N) is 4. The zero-order chi connectivity index (χ0) is 17.5. The first kappa shape index (κ1) is 15.3. The highest BCUT2D eigenvalue weighted by Crippen LogP contribution is 2.35. The van der Waals surface area contributed by atoms with Gasteiger partial charge in [-0.05, 0) is 42.5 Å². The number of ether oxygens (including phenoxy) is 1. The molecule has 1 N–H and O–H groups in total. The molecule has 0 unspecified atom stereocenters. The van der Waals surface area contributed by atoms with Crippen LogP contribution >= 0.6 is 0 Å². The molecule has 26 heavy (non-hydrogen) atoms. The zero-order valence-electron chi connectivity index (χ0n) is 14.7. The summed E-state index contributed by atoms with van der Waals surface area (Å²) in [4.78, 5) is 14.8. The summed E-state index contributed by atoms with van der Waals surface area (Å²) in [5.74, 6) is 2.44. The fourth-order valence-corrected chi connectivity index (χ4v) is 4.05. The minimum Gasteiger partial charge on any atom is -0.497 e. The quantitative estimate of drug-likeness (QED) is 0.615. The molecular formula is C20H21N5O. The molecule has 0 spiro atoms. The van der Waals surface area contributed by atoms with E-state index in [-0.39, 0.29) is 0 Å². The molecule has 6 nitrogen and oxygen atoms in total. The van der Waals surface area contributed by atoms with Crippen LogP contribution in [-0.4, -0.2) is 39.6 Å². The van der Waals surface area contributed by atoms with Gasteiger partial charge in [0.25, 0.3) is 0 Å². The van der Waals surface area contributed by atoms with E-state index >= 15 is 0 Å². The summed E-state index contributed by atoms with van der Waals surface area (Å²) in [6, 6.07) is 6.23. The Labute approximate surface area is 151 Å². The van der Waals surface area contributed by atoms with Crippen molar-refractivity contribution in [3.8, 4) is 5.75 Å². The van der Waals surface area contributed by atoms with Crippen LogP contribution in [-0.2, 0) is 0 Å². The minimum atomic E-state index is 0.548. The average molecular weight is 347 g/mol. The van der Waals surface area contributed by atoms with E-state index in [1.807, 2.05) is 35.3 Å². The normalized spacial score (nSPS) is 15.8. The van der Waals surface area contributed by atoms with Crippen molar-refractivity contribution in [2.75, 3.05) is 25.1 Å². The van der Waals surface area contributed by atoms with E-state index in [4.69, 9.17) is 4.74 Å². The Morgan fingerprint density at radius 1 is 1.12 bits per heavy atom. The van der Waals surface area contributed by atoms with Crippen molar-refractivity contribution in [1.82, 2.24) is 19.4 Å². The van der Waals surface area contributed by atoms with Crippen LogP contribution in [0.25, 0.3) is 16.6 Å². The van der Waals surface area contributed by atoms with Crippen molar-refractivity contribution in [3.63, 3.8) is 0 Å². The summed E-state index contributed by atoms with van der Waals surface area (Å²) in [7, 11) is 1.72. The maximum absolute atomic E-state index is 5.40. The number of fused-ring (bicyclic) bond motifs is 2. The molecule has 4 aromatic rings. The average Bonchev–Trinajstić information content (AvgIpc) is 3.34. The number of rotatable bonds is 3. The van der Waals surface area contributed by atoms with Crippen LogP contribution < -0.4 is 9.64 Å². The van der Waals surface area contributed by atoms with Gasteiger partial charge in [0, 0.05) is 55.0 Å². The Balaban J connectivity index is 1.40. The number of anilines is 1. The molecule has 0 aliphatic carbocycles.